The Balaban J connectivity index is 2.13. The molecule has 1 saturated heterocycles. The largest absolute Gasteiger partial charge is 0.381 e. The molecule has 1 aliphatic heterocycles. The molecule has 2 rings (SSSR count). The highest BCUT2D eigenvalue weighted by molar-refractivity contribution is 9.10. The van der Waals surface area contributed by atoms with E-state index in [1.165, 1.54) is 6.07 Å². The number of benzene rings is 1. The second-order valence-electron chi connectivity index (χ2n) is 4.99. The third kappa shape index (κ3) is 3.67. The highest BCUT2D eigenvalue weighted by Gasteiger charge is 2.25. The Morgan fingerprint density at radius 3 is 2.58 bits per heavy atom. The molecule has 0 radical (unpaired) electrons. The number of nitro benzene ring substituents is 1. The Labute approximate surface area is 120 Å². The van der Waals surface area contributed by atoms with Crippen LogP contribution in [-0.2, 0) is 4.74 Å². The highest BCUT2D eigenvalue weighted by atomic mass is 79.9. The van der Waals surface area contributed by atoms with Gasteiger partial charge in [-0.2, -0.15) is 0 Å². The van der Waals surface area contributed by atoms with Gasteiger partial charge in [-0.05, 0) is 48.7 Å². The SMILES string of the molecule is CC1CC(Nc2cc([N+](=O)[O-])ccc2Br)CC(C)O1. The Bertz CT molecular complexity index is 471. The molecule has 0 saturated carbocycles. The Morgan fingerprint density at radius 1 is 1.37 bits per heavy atom. The predicted octanol–water partition coefficient (Wildman–Crippen LogP) is 3.73. The third-order valence-electron chi connectivity index (χ3n) is 3.22. The molecule has 0 bridgehead atoms. The van der Waals surface area contributed by atoms with Gasteiger partial charge in [-0.25, -0.2) is 0 Å². The smallest absolute Gasteiger partial charge is 0.271 e. The summed E-state index contributed by atoms with van der Waals surface area (Å²) in [6.07, 6.45) is 2.22. The molecule has 6 heteroatoms. The zero-order valence-corrected chi connectivity index (χ0v) is 12.5. The van der Waals surface area contributed by atoms with Crippen LogP contribution in [0.3, 0.4) is 0 Å². The molecule has 0 aliphatic carbocycles. The fourth-order valence-corrected chi connectivity index (χ4v) is 2.84. The maximum absolute atomic E-state index is 10.8. The minimum Gasteiger partial charge on any atom is -0.381 e. The molecule has 0 amide bonds. The Morgan fingerprint density at radius 2 is 2.00 bits per heavy atom. The van der Waals surface area contributed by atoms with E-state index in [1.807, 2.05) is 13.8 Å². The van der Waals surface area contributed by atoms with Gasteiger partial charge >= 0.3 is 0 Å². The van der Waals surface area contributed by atoms with Crippen LogP contribution in [0.5, 0.6) is 0 Å². The lowest BCUT2D eigenvalue weighted by molar-refractivity contribution is -0.384. The van der Waals surface area contributed by atoms with Crippen LogP contribution in [0.1, 0.15) is 26.7 Å². The maximum atomic E-state index is 10.8. The summed E-state index contributed by atoms with van der Waals surface area (Å²) >= 11 is 3.42. The summed E-state index contributed by atoms with van der Waals surface area (Å²) in [5.41, 5.74) is 0.861. The molecule has 1 N–H and O–H groups in total. The number of hydrogen-bond acceptors (Lipinski definition) is 4. The summed E-state index contributed by atoms with van der Waals surface area (Å²) in [4.78, 5) is 10.4. The van der Waals surface area contributed by atoms with Gasteiger partial charge in [-0.1, -0.05) is 0 Å². The number of nitro groups is 1. The van der Waals surface area contributed by atoms with E-state index in [2.05, 4.69) is 21.2 Å². The predicted molar refractivity (Wildman–Crippen MR) is 77.5 cm³/mol. The molecule has 1 fully saturated rings. The molecule has 1 aromatic rings. The van der Waals surface area contributed by atoms with E-state index in [4.69, 9.17) is 4.74 Å². The van der Waals surface area contributed by atoms with Crippen molar-refractivity contribution < 1.29 is 9.66 Å². The number of halogens is 1. The van der Waals surface area contributed by atoms with Crippen molar-refractivity contribution >= 4 is 27.3 Å². The van der Waals surface area contributed by atoms with Crippen LogP contribution >= 0.6 is 15.9 Å². The summed E-state index contributed by atoms with van der Waals surface area (Å²) in [5, 5.41) is 14.2. The Hall–Kier alpha value is -1.14. The molecule has 0 spiro atoms. The molecular formula is C13H17BrN2O3. The van der Waals surface area contributed by atoms with Crippen molar-refractivity contribution in [1.82, 2.24) is 0 Å². The molecular weight excluding hydrogens is 312 g/mol. The number of rotatable bonds is 3. The van der Waals surface area contributed by atoms with Crippen LogP contribution in [0.25, 0.3) is 0 Å². The number of hydrogen-bond donors (Lipinski definition) is 1. The summed E-state index contributed by atoms with van der Waals surface area (Å²) < 4.78 is 6.52. The standard InChI is InChI=1S/C13H17BrN2O3/c1-8-5-10(6-9(2)19-8)15-13-7-11(16(17)18)3-4-12(13)14/h3-4,7-10,15H,5-6H2,1-2H3. The van der Waals surface area contributed by atoms with Gasteiger partial charge in [0.05, 0.1) is 22.8 Å². The quantitative estimate of drug-likeness (QED) is 0.678. The van der Waals surface area contributed by atoms with Gasteiger partial charge in [0.25, 0.3) is 5.69 Å². The molecule has 1 heterocycles. The zero-order valence-electron chi connectivity index (χ0n) is 10.9. The summed E-state index contributed by atoms with van der Waals surface area (Å²) in [5.74, 6) is 0. The third-order valence-corrected chi connectivity index (χ3v) is 3.91. The normalized spacial score (nSPS) is 27.0. The van der Waals surface area contributed by atoms with Crippen LogP contribution in [0.2, 0.25) is 0 Å². The van der Waals surface area contributed by atoms with Crippen molar-refractivity contribution in [2.24, 2.45) is 0 Å². The number of nitrogens with zero attached hydrogens (tertiary/aromatic N) is 1. The van der Waals surface area contributed by atoms with Crippen molar-refractivity contribution in [2.75, 3.05) is 5.32 Å². The van der Waals surface area contributed by atoms with E-state index in [1.54, 1.807) is 12.1 Å². The second kappa shape index (κ2) is 5.88. The fraction of sp³-hybridized carbons (Fsp3) is 0.538. The van der Waals surface area contributed by atoms with Gasteiger partial charge in [0.2, 0.25) is 0 Å². The summed E-state index contributed by atoms with van der Waals surface area (Å²) in [7, 11) is 0. The number of nitrogens with one attached hydrogen (secondary N) is 1. The highest BCUT2D eigenvalue weighted by Crippen LogP contribution is 2.30. The summed E-state index contributed by atoms with van der Waals surface area (Å²) in [6, 6.07) is 5.03. The minimum absolute atomic E-state index is 0.0962. The van der Waals surface area contributed by atoms with Crippen molar-refractivity contribution in [2.45, 2.75) is 44.9 Å². The monoisotopic (exact) mass is 328 g/mol. The van der Waals surface area contributed by atoms with E-state index in [0.717, 1.165) is 23.0 Å². The molecule has 1 aliphatic rings. The lowest BCUT2D eigenvalue weighted by atomic mass is 9.99. The van der Waals surface area contributed by atoms with Gasteiger partial charge in [0, 0.05) is 22.6 Å². The molecule has 5 nitrogen and oxygen atoms in total. The molecule has 2 atom stereocenters. The molecule has 1 aromatic carbocycles. The second-order valence-corrected chi connectivity index (χ2v) is 5.85. The van der Waals surface area contributed by atoms with Crippen LogP contribution in [0.4, 0.5) is 11.4 Å². The van der Waals surface area contributed by atoms with Crippen molar-refractivity contribution in [3.05, 3.63) is 32.8 Å². The first-order valence-electron chi connectivity index (χ1n) is 6.31. The average molecular weight is 329 g/mol. The molecule has 104 valence electrons. The van der Waals surface area contributed by atoms with Crippen molar-refractivity contribution in [1.29, 1.82) is 0 Å². The first-order valence-corrected chi connectivity index (χ1v) is 7.11. The van der Waals surface area contributed by atoms with E-state index < -0.39 is 0 Å². The summed E-state index contributed by atoms with van der Waals surface area (Å²) in [6.45, 7) is 4.10. The number of ether oxygens (including phenoxy) is 1. The van der Waals surface area contributed by atoms with E-state index in [0.29, 0.717) is 0 Å². The number of anilines is 1. The van der Waals surface area contributed by atoms with E-state index in [-0.39, 0.29) is 28.9 Å². The lowest BCUT2D eigenvalue weighted by Gasteiger charge is -2.33. The van der Waals surface area contributed by atoms with E-state index >= 15 is 0 Å². The van der Waals surface area contributed by atoms with Gasteiger partial charge in [-0.15, -0.1) is 0 Å². The number of non-ortho nitro benzene ring substituents is 1. The van der Waals surface area contributed by atoms with Gasteiger partial charge in [0.1, 0.15) is 0 Å². The van der Waals surface area contributed by atoms with Gasteiger partial charge in [0.15, 0.2) is 0 Å². The zero-order chi connectivity index (χ0) is 14.0. The van der Waals surface area contributed by atoms with Gasteiger partial charge in [-0.3, -0.25) is 10.1 Å². The van der Waals surface area contributed by atoms with Crippen LogP contribution in [0, 0.1) is 10.1 Å². The van der Waals surface area contributed by atoms with Crippen LogP contribution in [-0.4, -0.2) is 23.2 Å². The van der Waals surface area contributed by atoms with Crippen molar-refractivity contribution in [3.8, 4) is 0 Å². The minimum atomic E-state index is -0.382. The first-order chi connectivity index (χ1) is 8.95. The van der Waals surface area contributed by atoms with Crippen molar-refractivity contribution in [3.63, 3.8) is 0 Å². The molecule has 0 aromatic heterocycles. The maximum Gasteiger partial charge on any atom is 0.271 e. The average Bonchev–Trinajstić information content (AvgIpc) is 2.30. The van der Waals surface area contributed by atoms with E-state index in [9.17, 15) is 10.1 Å². The fourth-order valence-electron chi connectivity index (χ4n) is 2.48. The van der Waals surface area contributed by atoms with Crippen LogP contribution < -0.4 is 5.32 Å². The lowest BCUT2D eigenvalue weighted by Crippen LogP contribution is -2.36. The topological polar surface area (TPSA) is 64.4 Å². The first kappa shape index (κ1) is 14.3. The Kier molecular flexibility index (Phi) is 4.42. The molecule has 2 unspecified atom stereocenters. The van der Waals surface area contributed by atoms with Gasteiger partial charge < -0.3 is 10.1 Å². The molecule has 19 heavy (non-hydrogen) atoms. The van der Waals surface area contributed by atoms with Crippen LogP contribution in [0.15, 0.2) is 22.7 Å².